The Bertz CT molecular complexity index is 197. The van der Waals surface area contributed by atoms with Gasteiger partial charge in [-0.15, -0.1) is 0 Å². The predicted octanol–water partition coefficient (Wildman–Crippen LogP) is 3.36. The van der Waals surface area contributed by atoms with Crippen molar-refractivity contribution in [3.8, 4) is 0 Å². The smallest absolute Gasteiger partial charge is 0.114 e. The zero-order valence-corrected chi connectivity index (χ0v) is 7.52. The van der Waals surface area contributed by atoms with Gasteiger partial charge in [0, 0.05) is 0 Å². The number of allylic oxidation sites excluding steroid dienone is 4. The third-order valence-corrected chi connectivity index (χ3v) is 1.72. The maximum absolute atomic E-state index is 9.37. The van der Waals surface area contributed by atoms with Crippen LogP contribution in [0.1, 0.15) is 27.2 Å². The summed E-state index contributed by atoms with van der Waals surface area (Å²) in [5.41, 5.74) is 2.02. The number of rotatable bonds is 3. The first-order chi connectivity index (χ1) is 5.17. The summed E-state index contributed by atoms with van der Waals surface area (Å²) in [4.78, 5) is 0. The maximum Gasteiger partial charge on any atom is 0.114 e. The standard InChI is InChI=1S/C10H16O/c1-5-8(4)9(6-2)10(11)7-3/h5,7,11H,1,6H2,2-4H3/b9-8-,10-7+. The Balaban J connectivity index is 4.79. The van der Waals surface area contributed by atoms with Crippen LogP contribution < -0.4 is 0 Å². The minimum atomic E-state index is 0.366. The van der Waals surface area contributed by atoms with E-state index in [9.17, 15) is 5.11 Å². The van der Waals surface area contributed by atoms with E-state index in [2.05, 4.69) is 6.58 Å². The summed E-state index contributed by atoms with van der Waals surface area (Å²) >= 11 is 0. The van der Waals surface area contributed by atoms with E-state index < -0.39 is 0 Å². The van der Waals surface area contributed by atoms with E-state index in [1.165, 1.54) is 0 Å². The Labute approximate surface area is 68.7 Å². The second-order valence-corrected chi connectivity index (χ2v) is 2.39. The van der Waals surface area contributed by atoms with E-state index in [1.807, 2.05) is 20.8 Å². The molecule has 0 saturated heterocycles. The van der Waals surface area contributed by atoms with Crippen molar-refractivity contribution >= 4 is 0 Å². The van der Waals surface area contributed by atoms with Crippen LogP contribution in [0, 0.1) is 0 Å². The fourth-order valence-corrected chi connectivity index (χ4v) is 0.959. The molecule has 0 unspecified atom stereocenters. The molecule has 11 heavy (non-hydrogen) atoms. The molecule has 0 fully saturated rings. The first-order valence-electron chi connectivity index (χ1n) is 3.85. The van der Waals surface area contributed by atoms with Crippen LogP contribution in [0.4, 0.5) is 0 Å². The van der Waals surface area contributed by atoms with Gasteiger partial charge in [0.2, 0.25) is 0 Å². The van der Waals surface area contributed by atoms with Crippen LogP contribution in [0.3, 0.4) is 0 Å². The number of aliphatic hydroxyl groups is 1. The molecule has 0 rings (SSSR count). The van der Waals surface area contributed by atoms with Gasteiger partial charge in [-0.25, -0.2) is 0 Å². The van der Waals surface area contributed by atoms with Crippen molar-refractivity contribution < 1.29 is 5.11 Å². The van der Waals surface area contributed by atoms with Gasteiger partial charge in [-0.3, -0.25) is 0 Å². The Morgan fingerprint density at radius 2 is 2.09 bits per heavy atom. The molecule has 0 heterocycles. The highest BCUT2D eigenvalue weighted by Gasteiger charge is 2.00. The first kappa shape index (κ1) is 10.0. The monoisotopic (exact) mass is 152 g/mol. The minimum Gasteiger partial charge on any atom is -0.508 e. The van der Waals surface area contributed by atoms with Crippen molar-refractivity contribution in [2.45, 2.75) is 27.2 Å². The van der Waals surface area contributed by atoms with E-state index in [4.69, 9.17) is 0 Å². The SMILES string of the molecule is C=C/C(C)=C(CC)\C(O)=C/C. The molecule has 0 aliphatic rings. The predicted molar refractivity (Wildman–Crippen MR) is 49.6 cm³/mol. The molecule has 0 radical (unpaired) electrons. The fraction of sp³-hybridized carbons (Fsp3) is 0.400. The molecule has 0 aliphatic carbocycles. The van der Waals surface area contributed by atoms with Gasteiger partial charge in [0.15, 0.2) is 0 Å². The third-order valence-electron chi connectivity index (χ3n) is 1.72. The average Bonchev–Trinajstić information content (AvgIpc) is 2.05. The summed E-state index contributed by atoms with van der Waals surface area (Å²) in [6.07, 6.45) is 4.30. The van der Waals surface area contributed by atoms with Gasteiger partial charge in [0.1, 0.15) is 5.76 Å². The van der Waals surface area contributed by atoms with Crippen LogP contribution in [0.15, 0.2) is 35.6 Å². The van der Waals surface area contributed by atoms with Gasteiger partial charge in [-0.1, -0.05) is 19.6 Å². The largest absolute Gasteiger partial charge is 0.508 e. The van der Waals surface area contributed by atoms with Crippen molar-refractivity contribution in [3.05, 3.63) is 35.6 Å². The molecule has 0 atom stereocenters. The molecule has 0 aromatic carbocycles. The zero-order chi connectivity index (χ0) is 8.85. The van der Waals surface area contributed by atoms with E-state index in [-0.39, 0.29) is 0 Å². The van der Waals surface area contributed by atoms with Crippen LogP contribution in [0.25, 0.3) is 0 Å². The summed E-state index contributed by atoms with van der Waals surface area (Å²) in [6, 6.07) is 0. The highest BCUT2D eigenvalue weighted by atomic mass is 16.3. The topological polar surface area (TPSA) is 20.2 Å². The molecule has 1 nitrogen and oxygen atoms in total. The third kappa shape index (κ3) is 2.62. The number of aliphatic hydroxyl groups excluding tert-OH is 1. The molecule has 0 spiro atoms. The normalized spacial score (nSPS) is 14.3. The molecule has 0 aromatic rings. The summed E-state index contributed by atoms with van der Waals surface area (Å²) in [7, 11) is 0. The minimum absolute atomic E-state index is 0.366. The molecule has 0 amide bonds. The van der Waals surface area contributed by atoms with Crippen LogP contribution >= 0.6 is 0 Å². The molecule has 0 saturated carbocycles. The molecule has 1 N–H and O–H groups in total. The number of hydrogen-bond donors (Lipinski definition) is 1. The Kier molecular flexibility index (Phi) is 4.35. The van der Waals surface area contributed by atoms with Gasteiger partial charge < -0.3 is 5.11 Å². The van der Waals surface area contributed by atoms with Gasteiger partial charge in [0.05, 0.1) is 0 Å². The fourth-order valence-electron chi connectivity index (χ4n) is 0.959. The second-order valence-electron chi connectivity index (χ2n) is 2.39. The molecular formula is C10H16O. The van der Waals surface area contributed by atoms with Crippen LogP contribution in [0.5, 0.6) is 0 Å². The number of hydrogen-bond acceptors (Lipinski definition) is 1. The summed E-state index contributed by atoms with van der Waals surface area (Å²) in [5.74, 6) is 0.366. The quantitative estimate of drug-likeness (QED) is 0.485. The van der Waals surface area contributed by atoms with Crippen LogP contribution in [-0.4, -0.2) is 5.11 Å². The Morgan fingerprint density at radius 3 is 2.36 bits per heavy atom. The van der Waals surface area contributed by atoms with E-state index in [1.54, 1.807) is 12.2 Å². The Morgan fingerprint density at radius 1 is 1.55 bits per heavy atom. The van der Waals surface area contributed by atoms with E-state index in [0.717, 1.165) is 17.6 Å². The van der Waals surface area contributed by atoms with Gasteiger partial charge in [-0.2, -0.15) is 0 Å². The lowest BCUT2D eigenvalue weighted by Crippen LogP contribution is -1.89. The molecule has 0 aromatic heterocycles. The summed E-state index contributed by atoms with van der Waals surface area (Å²) < 4.78 is 0. The van der Waals surface area contributed by atoms with Gasteiger partial charge in [-0.05, 0) is 37.5 Å². The van der Waals surface area contributed by atoms with Crippen molar-refractivity contribution in [3.63, 3.8) is 0 Å². The Hall–Kier alpha value is -0.980. The molecule has 1 heteroatoms. The lowest BCUT2D eigenvalue weighted by molar-refractivity contribution is 0.418. The van der Waals surface area contributed by atoms with Crippen molar-refractivity contribution in [2.75, 3.05) is 0 Å². The first-order valence-corrected chi connectivity index (χ1v) is 3.85. The second kappa shape index (κ2) is 4.78. The van der Waals surface area contributed by atoms with Gasteiger partial charge >= 0.3 is 0 Å². The van der Waals surface area contributed by atoms with Crippen molar-refractivity contribution in [2.24, 2.45) is 0 Å². The van der Waals surface area contributed by atoms with E-state index in [0.29, 0.717) is 5.76 Å². The molecule has 0 aliphatic heterocycles. The van der Waals surface area contributed by atoms with Gasteiger partial charge in [0.25, 0.3) is 0 Å². The van der Waals surface area contributed by atoms with Crippen molar-refractivity contribution in [1.82, 2.24) is 0 Å². The summed E-state index contributed by atoms with van der Waals surface area (Å²) in [5, 5.41) is 9.37. The maximum atomic E-state index is 9.37. The van der Waals surface area contributed by atoms with Crippen LogP contribution in [-0.2, 0) is 0 Å². The van der Waals surface area contributed by atoms with Crippen molar-refractivity contribution in [1.29, 1.82) is 0 Å². The van der Waals surface area contributed by atoms with Crippen LogP contribution in [0.2, 0.25) is 0 Å². The molecule has 0 bridgehead atoms. The highest BCUT2D eigenvalue weighted by Crippen LogP contribution is 2.16. The lowest BCUT2D eigenvalue weighted by atomic mass is 10.1. The average molecular weight is 152 g/mol. The lowest BCUT2D eigenvalue weighted by Gasteiger charge is -2.05. The highest BCUT2D eigenvalue weighted by molar-refractivity contribution is 5.33. The van der Waals surface area contributed by atoms with E-state index >= 15 is 0 Å². The summed E-state index contributed by atoms with van der Waals surface area (Å²) in [6.45, 7) is 9.44. The molecular weight excluding hydrogens is 136 g/mol. The molecule has 62 valence electrons. The zero-order valence-electron chi connectivity index (χ0n) is 7.52.